The van der Waals surface area contributed by atoms with Crippen LogP contribution < -0.4 is 10.2 Å². The van der Waals surface area contributed by atoms with Crippen molar-refractivity contribution in [1.82, 2.24) is 19.9 Å². The smallest absolute Gasteiger partial charge is 0.270 e. The summed E-state index contributed by atoms with van der Waals surface area (Å²) in [6.07, 6.45) is 3.91. The summed E-state index contributed by atoms with van der Waals surface area (Å²) in [5.41, 5.74) is 1.62. The van der Waals surface area contributed by atoms with E-state index in [1.165, 1.54) is 12.1 Å². The molecule has 9 heteroatoms. The first-order valence-electron chi connectivity index (χ1n) is 8.74. The minimum atomic E-state index is -0.490. The maximum Gasteiger partial charge on any atom is 0.270 e. The van der Waals surface area contributed by atoms with Gasteiger partial charge in [0, 0.05) is 31.4 Å². The van der Waals surface area contributed by atoms with Gasteiger partial charge in [-0.05, 0) is 31.0 Å². The molecular weight excluding hydrogens is 348 g/mol. The van der Waals surface area contributed by atoms with E-state index in [0.29, 0.717) is 17.0 Å². The van der Waals surface area contributed by atoms with Crippen LogP contribution in [0.1, 0.15) is 29.0 Å². The van der Waals surface area contributed by atoms with Crippen molar-refractivity contribution in [3.63, 3.8) is 0 Å². The van der Waals surface area contributed by atoms with Crippen LogP contribution in [0, 0.1) is 10.1 Å². The monoisotopic (exact) mass is 366 g/mol. The van der Waals surface area contributed by atoms with Crippen LogP contribution in [0.4, 0.5) is 11.4 Å². The number of anilines is 1. The van der Waals surface area contributed by atoms with Crippen LogP contribution in [-0.4, -0.2) is 38.5 Å². The van der Waals surface area contributed by atoms with Crippen molar-refractivity contribution in [2.45, 2.75) is 19.4 Å². The van der Waals surface area contributed by atoms with E-state index < -0.39 is 4.92 Å². The Labute approximate surface area is 154 Å². The van der Waals surface area contributed by atoms with E-state index in [4.69, 9.17) is 0 Å². The third-order valence-corrected chi connectivity index (χ3v) is 4.67. The van der Waals surface area contributed by atoms with Gasteiger partial charge < -0.3 is 10.2 Å². The molecule has 138 valence electrons. The zero-order valence-electron chi connectivity index (χ0n) is 14.5. The number of non-ortho nitro benzene ring substituents is 1. The van der Waals surface area contributed by atoms with Gasteiger partial charge >= 0.3 is 0 Å². The molecule has 0 saturated carbocycles. The van der Waals surface area contributed by atoms with Gasteiger partial charge in [0.25, 0.3) is 11.6 Å². The molecule has 2 aromatic heterocycles. The van der Waals surface area contributed by atoms with Crippen molar-refractivity contribution in [3.8, 4) is 0 Å². The largest absolute Gasteiger partial charge is 0.371 e. The van der Waals surface area contributed by atoms with Crippen molar-refractivity contribution in [3.05, 3.63) is 64.1 Å². The molecule has 1 aromatic carbocycles. The predicted molar refractivity (Wildman–Crippen MR) is 98.7 cm³/mol. The molecule has 1 aliphatic rings. The van der Waals surface area contributed by atoms with Gasteiger partial charge in [0.05, 0.1) is 22.7 Å². The first-order chi connectivity index (χ1) is 13.1. The lowest BCUT2D eigenvalue weighted by molar-refractivity contribution is -0.384. The molecular formula is C18H18N6O3. The average Bonchev–Trinajstić information content (AvgIpc) is 3.35. The number of benzene rings is 1. The second kappa shape index (κ2) is 7.02. The van der Waals surface area contributed by atoms with E-state index in [1.807, 2.05) is 24.4 Å². The molecule has 0 aliphatic carbocycles. The predicted octanol–water partition coefficient (Wildman–Crippen LogP) is 2.17. The number of nitrogens with one attached hydrogen (secondary N) is 1. The zero-order chi connectivity index (χ0) is 18.8. The fourth-order valence-electron chi connectivity index (χ4n) is 3.32. The molecule has 1 fully saturated rings. The normalized spacial score (nSPS) is 13.9. The fourth-order valence-corrected chi connectivity index (χ4v) is 3.32. The van der Waals surface area contributed by atoms with Gasteiger partial charge in [-0.2, -0.15) is 0 Å². The topological polar surface area (TPSA) is 106 Å². The Kier molecular flexibility index (Phi) is 4.41. The third-order valence-electron chi connectivity index (χ3n) is 4.67. The van der Waals surface area contributed by atoms with E-state index in [9.17, 15) is 14.9 Å². The number of carbonyl (C=O) groups is 1. The molecule has 1 amide bonds. The summed E-state index contributed by atoms with van der Waals surface area (Å²) in [4.78, 5) is 25.5. The van der Waals surface area contributed by atoms with Gasteiger partial charge in [0.1, 0.15) is 0 Å². The van der Waals surface area contributed by atoms with Gasteiger partial charge in [-0.1, -0.05) is 6.07 Å². The molecule has 0 unspecified atom stereocenters. The number of nitro benzene ring substituents is 1. The highest BCUT2D eigenvalue weighted by Gasteiger charge is 2.22. The van der Waals surface area contributed by atoms with Gasteiger partial charge in [-0.3, -0.25) is 19.3 Å². The molecule has 27 heavy (non-hydrogen) atoms. The van der Waals surface area contributed by atoms with E-state index in [2.05, 4.69) is 20.4 Å². The van der Waals surface area contributed by atoms with Crippen LogP contribution in [-0.2, 0) is 6.54 Å². The second-order valence-corrected chi connectivity index (χ2v) is 6.38. The second-order valence-electron chi connectivity index (χ2n) is 6.38. The SMILES string of the molecule is O=C(NCc1nnc2ccccn12)c1cc([N+](=O)[O-])ccc1N1CCCC1. The summed E-state index contributed by atoms with van der Waals surface area (Å²) < 4.78 is 1.79. The van der Waals surface area contributed by atoms with Crippen LogP contribution in [0.15, 0.2) is 42.6 Å². The summed E-state index contributed by atoms with van der Waals surface area (Å²) in [5, 5.41) is 22.1. The highest BCUT2D eigenvalue weighted by molar-refractivity contribution is 6.00. The number of nitro groups is 1. The average molecular weight is 366 g/mol. The molecule has 4 rings (SSSR count). The lowest BCUT2D eigenvalue weighted by Crippen LogP contribution is -2.28. The number of hydrogen-bond donors (Lipinski definition) is 1. The number of rotatable bonds is 5. The number of nitrogens with zero attached hydrogens (tertiary/aromatic N) is 5. The van der Waals surface area contributed by atoms with Crippen molar-refractivity contribution >= 4 is 22.9 Å². The standard InChI is InChI=1S/C18H18N6O3/c25-18(19-12-17-21-20-16-5-1-2-10-23(16)17)14-11-13(24(26)27)6-7-15(14)22-8-3-4-9-22/h1-2,5-7,10-11H,3-4,8-9,12H2,(H,19,25). The fraction of sp³-hybridized carbons (Fsp3) is 0.278. The Balaban J connectivity index is 1.59. The van der Waals surface area contributed by atoms with Gasteiger partial charge in [-0.15, -0.1) is 10.2 Å². The molecule has 0 atom stereocenters. The Morgan fingerprint density at radius 1 is 1.19 bits per heavy atom. The highest BCUT2D eigenvalue weighted by Crippen LogP contribution is 2.28. The number of hydrogen-bond acceptors (Lipinski definition) is 6. The lowest BCUT2D eigenvalue weighted by atomic mass is 10.1. The third kappa shape index (κ3) is 3.31. The summed E-state index contributed by atoms with van der Waals surface area (Å²) in [6, 6.07) is 9.97. The van der Waals surface area contributed by atoms with Crippen LogP contribution >= 0.6 is 0 Å². The van der Waals surface area contributed by atoms with Gasteiger partial charge in [0.15, 0.2) is 11.5 Å². The van der Waals surface area contributed by atoms with Crippen LogP contribution in [0.3, 0.4) is 0 Å². The number of carbonyl (C=O) groups excluding carboxylic acids is 1. The maximum atomic E-state index is 12.8. The van der Waals surface area contributed by atoms with Crippen molar-refractivity contribution < 1.29 is 9.72 Å². The Hall–Kier alpha value is -3.49. The number of pyridine rings is 1. The molecule has 0 bridgehead atoms. The van der Waals surface area contributed by atoms with Crippen molar-refractivity contribution in [2.24, 2.45) is 0 Å². The summed E-state index contributed by atoms with van der Waals surface area (Å²) in [7, 11) is 0. The number of amides is 1. The van der Waals surface area contributed by atoms with Crippen molar-refractivity contribution in [2.75, 3.05) is 18.0 Å². The minimum absolute atomic E-state index is 0.101. The Bertz CT molecular complexity index is 1010. The molecule has 0 spiro atoms. The Morgan fingerprint density at radius 2 is 2.00 bits per heavy atom. The molecule has 3 aromatic rings. The van der Waals surface area contributed by atoms with Gasteiger partial charge in [0.2, 0.25) is 0 Å². The molecule has 0 radical (unpaired) electrons. The zero-order valence-corrected chi connectivity index (χ0v) is 14.5. The van der Waals surface area contributed by atoms with Gasteiger partial charge in [-0.25, -0.2) is 0 Å². The molecule has 1 saturated heterocycles. The van der Waals surface area contributed by atoms with E-state index >= 15 is 0 Å². The number of aromatic nitrogens is 3. The van der Waals surface area contributed by atoms with Crippen molar-refractivity contribution in [1.29, 1.82) is 0 Å². The van der Waals surface area contributed by atoms with E-state index in [1.54, 1.807) is 10.5 Å². The molecule has 3 heterocycles. The lowest BCUT2D eigenvalue weighted by Gasteiger charge is -2.20. The first-order valence-corrected chi connectivity index (χ1v) is 8.74. The van der Waals surface area contributed by atoms with Crippen LogP contribution in [0.2, 0.25) is 0 Å². The molecule has 1 aliphatic heterocycles. The van der Waals surface area contributed by atoms with Crippen LogP contribution in [0.5, 0.6) is 0 Å². The molecule has 1 N–H and O–H groups in total. The first kappa shape index (κ1) is 17.0. The summed E-state index contributed by atoms with van der Waals surface area (Å²) >= 11 is 0. The van der Waals surface area contributed by atoms with Crippen LogP contribution in [0.25, 0.3) is 5.65 Å². The number of fused-ring (bicyclic) bond motifs is 1. The van der Waals surface area contributed by atoms with E-state index in [0.717, 1.165) is 31.6 Å². The molecule has 9 nitrogen and oxygen atoms in total. The van der Waals surface area contributed by atoms with E-state index in [-0.39, 0.29) is 18.1 Å². The summed E-state index contributed by atoms with van der Waals surface area (Å²) in [5.74, 6) is 0.223. The minimum Gasteiger partial charge on any atom is -0.371 e. The maximum absolute atomic E-state index is 12.8. The Morgan fingerprint density at radius 3 is 2.78 bits per heavy atom. The highest BCUT2D eigenvalue weighted by atomic mass is 16.6. The summed E-state index contributed by atoms with van der Waals surface area (Å²) in [6.45, 7) is 1.85. The quantitative estimate of drug-likeness (QED) is 0.548.